The Morgan fingerprint density at radius 1 is 1.26 bits per heavy atom. The number of carboxylic acid groups (broad SMARTS) is 1. The van der Waals surface area contributed by atoms with Gasteiger partial charge in [-0.05, 0) is 12.1 Å². The quantitative estimate of drug-likeness (QED) is 0.886. The molecule has 1 heterocycles. The van der Waals surface area contributed by atoms with Crippen molar-refractivity contribution in [1.82, 2.24) is 5.32 Å². The Balaban J connectivity index is 1.90. The van der Waals surface area contributed by atoms with Crippen LogP contribution in [0.2, 0.25) is 0 Å². The second-order valence-electron chi connectivity index (χ2n) is 3.95. The molecule has 2 rings (SSSR count). The normalized spacial score (nSPS) is 10.6. The summed E-state index contributed by atoms with van der Waals surface area (Å²) in [4.78, 5) is 11.5. The largest absolute Gasteiger partial charge is 0.478 e. The number of nitrogens with one attached hydrogen (secondary N) is 1. The minimum atomic E-state index is -0.966. The maximum atomic E-state index is 13.3. The first-order valence-electron chi connectivity index (χ1n) is 5.51. The third kappa shape index (κ3) is 3.59. The van der Waals surface area contributed by atoms with Gasteiger partial charge in [0, 0.05) is 35.0 Å². The molecule has 1 aromatic carbocycles. The molecule has 0 bridgehead atoms. The standard InChI is InChI=1S/C13H11F2NO2S/c14-10-2-1-8(12(15)4-10)5-16-6-11-3-9(7-19-11)13(17)18/h1-4,7,16H,5-6H2,(H,17,18). The molecule has 0 fully saturated rings. The third-order valence-electron chi connectivity index (χ3n) is 2.53. The SMILES string of the molecule is O=C(O)c1csc(CNCc2ccc(F)cc2F)c1. The van der Waals surface area contributed by atoms with Crippen molar-refractivity contribution in [3.8, 4) is 0 Å². The van der Waals surface area contributed by atoms with Crippen molar-refractivity contribution in [3.05, 3.63) is 57.3 Å². The molecule has 2 N–H and O–H groups in total. The van der Waals surface area contributed by atoms with E-state index in [1.807, 2.05) is 0 Å². The molecule has 0 spiro atoms. The summed E-state index contributed by atoms with van der Waals surface area (Å²) in [6.45, 7) is 0.696. The van der Waals surface area contributed by atoms with Crippen LogP contribution in [0.15, 0.2) is 29.6 Å². The van der Waals surface area contributed by atoms with Gasteiger partial charge in [-0.3, -0.25) is 0 Å². The molecule has 2 aromatic rings. The Morgan fingerprint density at radius 2 is 2.05 bits per heavy atom. The minimum Gasteiger partial charge on any atom is -0.478 e. The van der Waals surface area contributed by atoms with Crippen molar-refractivity contribution in [2.45, 2.75) is 13.1 Å². The van der Waals surface area contributed by atoms with Crippen LogP contribution in [0.5, 0.6) is 0 Å². The predicted molar refractivity (Wildman–Crippen MR) is 68.2 cm³/mol. The van der Waals surface area contributed by atoms with Crippen LogP contribution in [-0.2, 0) is 13.1 Å². The maximum Gasteiger partial charge on any atom is 0.336 e. The minimum absolute atomic E-state index is 0.245. The van der Waals surface area contributed by atoms with Gasteiger partial charge in [0.2, 0.25) is 0 Å². The van der Waals surface area contributed by atoms with Gasteiger partial charge in [-0.1, -0.05) is 6.07 Å². The Morgan fingerprint density at radius 3 is 2.68 bits per heavy atom. The van der Waals surface area contributed by atoms with Crippen LogP contribution in [0.25, 0.3) is 0 Å². The molecule has 19 heavy (non-hydrogen) atoms. The van der Waals surface area contributed by atoms with Crippen molar-refractivity contribution < 1.29 is 18.7 Å². The summed E-state index contributed by atoms with van der Waals surface area (Å²) in [5.41, 5.74) is 0.617. The number of thiophene rings is 1. The van der Waals surface area contributed by atoms with E-state index < -0.39 is 17.6 Å². The highest BCUT2D eigenvalue weighted by Gasteiger charge is 2.07. The zero-order chi connectivity index (χ0) is 13.8. The van der Waals surface area contributed by atoms with E-state index in [1.54, 1.807) is 11.4 Å². The van der Waals surface area contributed by atoms with Gasteiger partial charge in [-0.25, -0.2) is 13.6 Å². The Bertz CT molecular complexity index is 598. The number of carbonyl (C=O) groups is 1. The fraction of sp³-hybridized carbons (Fsp3) is 0.154. The summed E-state index contributed by atoms with van der Waals surface area (Å²) < 4.78 is 26.0. The molecule has 1 aromatic heterocycles. The van der Waals surface area contributed by atoms with Crippen molar-refractivity contribution in [2.75, 3.05) is 0 Å². The number of aromatic carboxylic acids is 1. The molecule has 0 aliphatic rings. The smallest absolute Gasteiger partial charge is 0.336 e. The third-order valence-corrected chi connectivity index (χ3v) is 3.47. The Hall–Kier alpha value is -1.79. The molecular formula is C13H11F2NO2S. The second kappa shape index (κ2) is 5.90. The van der Waals surface area contributed by atoms with Crippen LogP contribution in [-0.4, -0.2) is 11.1 Å². The average molecular weight is 283 g/mol. The summed E-state index contributed by atoms with van der Waals surface area (Å²) in [6, 6.07) is 4.99. The van der Waals surface area contributed by atoms with E-state index in [0.29, 0.717) is 12.1 Å². The molecule has 0 atom stereocenters. The molecule has 3 nitrogen and oxygen atoms in total. The van der Waals surface area contributed by atoms with Crippen LogP contribution < -0.4 is 5.32 Å². The number of halogens is 2. The molecular weight excluding hydrogens is 272 g/mol. The topological polar surface area (TPSA) is 49.3 Å². The first-order valence-corrected chi connectivity index (χ1v) is 6.39. The Kier molecular flexibility index (Phi) is 4.24. The lowest BCUT2D eigenvalue weighted by molar-refractivity contribution is 0.0697. The van der Waals surface area contributed by atoms with Crippen LogP contribution in [0, 0.1) is 11.6 Å². The van der Waals surface area contributed by atoms with E-state index in [9.17, 15) is 13.6 Å². The van der Waals surface area contributed by atoms with Crippen molar-refractivity contribution in [2.24, 2.45) is 0 Å². The predicted octanol–water partition coefficient (Wildman–Crippen LogP) is 3.01. The molecule has 100 valence electrons. The molecule has 0 radical (unpaired) electrons. The highest BCUT2D eigenvalue weighted by atomic mass is 32.1. The van der Waals surface area contributed by atoms with Gasteiger partial charge in [0.05, 0.1) is 5.56 Å². The summed E-state index contributed by atoms with van der Waals surface area (Å²) in [7, 11) is 0. The number of hydrogen-bond acceptors (Lipinski definition) is 3. The number of benzene rings is 1. The molecule has 0 saturated heterocycles. The van der Waals surface area contributed by atoms with Gasteiger partial charge < -0.3 is 10.4 Å². The van der Waals surface area contributed by atoms with Crippen molar-refractivity contribution in [1.29, 1.82) is 0 Å². The summed E-state index contributed by atoms with van der Waals surface area (Å²) in [6.07, 6.45) is 0. The van der Waals surface area contributed by atoms with Gasteiger partial charge in [-0.15, -0.1) is 11.3 Å². The van der Waals surface area contributed by atoms with Gasteiger partial charge in [0.1, 0.15) is 11.6 Å². The highest BCUT2D eigenvalue weighted by molar-refractivity contribution is 7.10. The molecule has 0 amide bonds. The first kappa shape index (κ1) is 13.6. The van der Waals surface area contributed by atoms with E-state index >= 15 is 0 Å². The van der Waals surface area contributed by atoms with Crippen LogP contribution in [0.4, 0.5) is 8.78 Å². The molecule has 6 heteroatoms. The van der Waals surface area contributed by atoms with Gasteiger partial charge >= 0.3 is 5.97 Å². The van der Waals surface area contributed by atoms with Gasteiger partial charge in [0.25, 0.3) is 0 Å². The highest BCUT2D eigenvalue weighted by Crippen LogP contribution is 2.15. The van der Waals surface area contributed by atoms with Crippen LogP contribution in [0.1, 0.15) is 20.8 Å². The summed E-state index contributed by atoms with van der Waals surface area (Å²) in [5.74, 6) is -2.16. The summed E-state index contributed by atoms with van der Waals surface area (Å²) in [5, 5.41) is 13.3. The zero-order valence-electron chi connectivity index (χ0n) is 9.82. The van der Waals surface area contributed by atoms with Gasteiger partial charge in [0.15, 0.2) is 0 Å². The van der Waals surface area contributed by atoms with Crippen molar-refractivity contribution in [3.63, 3.8) is 0 Å². The lowest BCUT2D eigenvalue weighted by Crippen LogP contribution is -2.13. The lowest BCUT2D eigenvalue weighted by Gasteiger charge is -2.04. The number of rotatable bonds is 5. The fourth-order valence-corrected chi connectivity index (χ4v) is 2.40. The van der Waals surface area contributed by atoms with Crippen LogP contribution >= 0.6 is 11.3 Å². The summed E-state index contributed by atoms with van der Waals surface area (Å²) >= 11 is 1.32. The molecule has 0 saturated carbocycles. The lowest BCUT2D eigenvalue weighted by atomic mass is 10.2. The fourth-order valence-electron chi connectivity index (χ4n) is 1.57. The number of hydrogen-bond donors (Lipinski definition) is 2. The zero-order valence-corrected chi connectivity index (χ0v) is 10.6. The molecule has 0 unspecified atom stereocenters. The van der Waals surface area contributed by atoms with E-state index in [0.717, 1.165) is 10.9 Å². The van der Waals surface area contributed by atoms with Gasteiger partial charge in [-0.2, -0.15) is 0 Å². The molecule has 0 aliphatic heterocycles. The number of carboxylic acids is 1. The first-order chi connectivity index (χ1) is 9.06. The van der Waals surface area contributed by atoms with E-state index in [1.165, 1.54) is 23.5 Å². The van der Waals surface area contributed by atoms with E-state index in [2.05, 4.69) is 5.32 Å². The van der Waals surface area contributed by atoms with E-state index in [4.69, 9.17) is 5.11 Å². The monoisotopic (exact) mass is 283 g/mol. The van der Waals surface area contributed by atoms with E-state index in [-0.39, 0.29) is 12.1 Å². The molecule has 0 aliphatic carbocycles. The second-order valence-corrected chi connectivity index (χ2v) is 4.94. The average Bonchev–Trinajstić information content (AvgIpc) is 2.81. The Labute approximate surface area is 112 Å². The van der Waals surface area contributed by atoms with Crippen LogP contribution in [0.3, 0.4) is 0 Å². The maximum absolute atomic E-state index is 13.3. The van der Waals surface area contributed by atoms with Crippen molar-refractivity contribution >= 4 is 17.3 Å².